The van der Waals surface area contributed by atoms with Crippen molar-refractivity contribution in [1.82, 2.24) is 14.9 Å². The Morgan fingerprint density at radius 1 is 0.915 bits per heavy atom. The number of benzene rings is 4. The number of sulfonamides is 1. The van der Waals surface area contributed by atoms with E-state index in [1.54, 1.807) is 31.5 Å². The molecule has 0 spiro atoms. The van der Waals surface area contributed by atoms with Crippen molar-refractivity contribution in [2.75, 3.05) is 63.4 Å². The van der Waals surface area contributed by atoms with Crippen molar-refractivity contribution >= 4 is 44.0 Å². The summed E-state index contributed by atoms with van der Waals surface area (Å²) in [5.41, 5.74) is 6.52. The van der Waals surface area contributed by atoms with Crippen LogP contribution in [0.15, 0.2) is 72.9 Å². The van der Waals surface area contributed by atoms with Crippen LogP contribution in [0.3, 0.4) is 0 Å². The Morgan fingerprint density at radius 3 is 2.46 bits per heavy atom. The molecule has 0 atom stereocenters. The molecule has 1 saturated heterocycles. The van der Waals surface area contributed by atoms with E-state index in [0.29, 0.717) is 41.2 Å². The number of fused-ring (bicyclic) bond motifs is 1. The molecule has 1 fully saturated rings. The van der Waals surface area contributed by atoms with E-state index in [0.717, 1.165) is 97.1 Å². The van der Waals surface area contributed by atoms with Crippen LogP contribution in [0.5, 0.6) is 11.5 Å². The fourth-order valence-electron chi connectivity index (χ4n) is 7.28. The lowest BCUT2D eigenvalue weighted by Crippen LogP contribution is -2.27. The number of rotatable bonds is 15. The maximum atomic E-state index is 13.8. The van der Waals surface area contributed by atoms with Gasteiger partial charge in [-0.1, -0.05) is 39.0 Å². The lowest BCUT2D eigenvalue weighted by molar-refractivity contribution is 0.0973. The minimum absolute atomic E-state index is 0.0796. The fourth-order valence-corrected chi connectivity index (χ4v) is 7.83. The number of ether oxygens (including phenoxy) is 3. The molecule has 0 bridgehead atoms. The van der Waals surface area contributed by atoms with Gasteiger partial charge in [0.1, 0.15) is 11.6 Å². The number of hydrogen-bond donors (Lipinski definition) is 2. The topological polar surface area (TPSA) is 149 Å². The van der Waals surface area contributed by atoms with Crippen molar-refractivity contribution in [3.63, 3.8) is 0 Å². The summed E-state index contributed by atoms with van der Waals surface area (Å²) in [5, 5.41) is 3.81. The molecule has 1 aromatic heterocycles. The molecule has 2 heterocycles. The van der Waals surface area contributed by atoms with Crippen LogP contribution < -0.4 is 19.5 Å². The Morgan fingerprint density at radius 2 is 1.71 bits per heavy atom. The lowest BCUT2D eigenvalue weighted by atomic mass is 9.86. The van der Waals surface area contributed by atoms with Gasteiger partial charge in [0.15, 0.2) is 11.5 Å². The second kappa shape index (κ2) is 18.7. The second-order valence-electron chi connectivity index (χ2n) is 16.2. The molecule has 59 heavy (non-hydrogen) atoms. The number of amides is 1. The Balaban J connectivity index is 1.15. The van der Waals surface area contributed by atoms with Crippen molar-refractivity contribution in [3.8, 4) is 22.6 Å². The number of carbonyl (C=O) groups is 2. The molecule has 1 aliphatic heterocycles. The highest BCUT2D eigenvalue weighted by atomic mass is 32.2. The first kappa shape index (κ1) is 43.2. The van der Waals surface area contributed by atoms with Gasteiger partial charge < -0.3 is 24.4 Å². The monoisotopic (exact) mass is 821 g/mol. The highest BCUT2D eigenvalue weighted by Crippen LogP contribution is 2.39. The number of ketones is 1. The van der Waals surface area contributed by atoms with E-state index >= 15 is 0 Å². The van der Waals surface area contributed by atoms with E-state index in [9.17, 15) is 18.0 Å². The normalized spacial score (nSPS) is 13.8. The molecule has 6 rings (SSSR count). The fraction of sp³-hybridized carbons (Fsp3) is 0.391. The summed E-state index contributed by atoms with van der Waals surface area (Å²) in [6.45, 7) is 12.6. The number of carbonyl (C=O) groups excluding carboxylic acids is 2. The summed E-state index contributed by atoms with van der Waals surface area (Å²) in [4.78, 5) is 38.9. The number of aromatic nitrogens is 2. The molecule has 0 unspecified atom stereocenters. The minimum Gasteiger partial charge on any atom is -0.496 e. The average molecular weight is 822 g/mol. The zero-order valence-corrected chi connectivity index (χ0v) is 35.9. The highest BCUT2D eigenvalue weighted by molar-refractivity contribution is 7.92. The van der Waals surface area contributed by atoms with Crippen LogP contribution in [0.1, 0.15) is 89.7 Å². The number of nitrogens with zero attached hydrogens (tertiary/aromatic N) is 3. The van der Waals surface area contributed by atoms with Crippen LogP contribution >= 0.6 is 0 Å². The van der Waals surface area contributed by atoms with Crippen molar-refractivity contribution in [2.45, 2.75) is 65.2 Å². The van der Waals surface area contributed by atoms with Crippen LogP contribution in [-0.2, 0) is 26.6 Å². The predicted molar refractivity (Wildman–Crippen MR) is 234 cm³/mol. The number of anilines is 2. The van der Waals surface area contributed by atoms with Crippen LogP contribution in [-0.4, -0.2) is 88.3 Å². The molecule has 2 N–H and O–H groups in total. The average Bonchev–Trinajstić information content (AvgIpc) is 3.47. The molecule has 1 amide bonds. The van der Waals surface area contributed by atoms with Crippen LogP contribution in [0.25, 0.3) is 22.0 Å². The van der Waals surface area contributed by atoms with Gasteiger partial charge >= 0.3 is 0 Å². The summed E-state index contributed by atoms with van der Waals surface area (Å²) >= 11 is 0. The maximum Gasteiger partial charge on any atom is 0.255 e. The molecule has 312 valence electrons. The third-order valence-corrected chi connectivity index (χ3v) is 11.1. The van der Waals surface area contributed by atoms with Gasteiger partial charge in [-0.2, -0.15) is 0 Å². The number of aryl methyl sites for hydroxylation is 1. The Bertz CT molecular complexity index is 2440. The van der Waals surface area contributed by atoms with Gasteiger partial charge in [-0.3, -0.25) is 14.3 Å². The Kier molecular flexibility index (Phi) is 13.7. The van der Waals surface area contributed by atoms with Crippen molar-refractivity contribution in [2.24, 2.45) is 0 Å². The van der Waals surface area contributed by atoms with Gasteiger partial charge in [0.25, 0.3) is 5.91 Å². The van der Waals surface area contributed by atoms with Crippen molar-refractivity contribution in [1.29, 1.82) is 0 Å². The third kappa shape index (κ3) is 11.2. The first-order valence-electron chi connectivity index (χ1n) is 20.0. The zero-order valence-electron chi connectivity index (χ0n) is 35.1. The van der Waals surface area contributed by atoms with Crippen molar-refractivity contribution in [3.05, 3.63) is 107 Å². The Hall–Kier alpha value is -5.37. The molecule has 5 aromatic rings. The molecule has 0 saturated carbocycles. The molecule has 0 aliphatic carbocycles. The maximum absolute atomic E-state index is 13.8. The van der Waals surface area contributed by atoms with Crippen molar-refractivity contribution < 1.29 is 32.2 Å². The van der Waals surface area contributed by atoms with E-state index < -0.39 is 10.0 Å². The lowest BCUT2D eigenvalue weighted by Gasteiger charge is -2.24. The van der Waals surface area contributed by atoms with Gasteiger partial charge in [-0.15, -0.1) is 0 Å². The van der Waals surface area contributed by atoms with E-state index in [4.69, 9.17) is 19.2 Å². The molecular formula is C46H55N5O7S. The number of hydrogen-bond acceptors (Lipinski definition) is 10. The summed E-state index contributed by atoms with van der Waals surface area (Å²) in [6, 6.07) is 20.6. The minimum atomic E-state index is -3.63. The third-order valence-electron chi connectivity index (χ3n) is 10.5. The van der Waals surface area contributed by atoms with E-state index in [2.05, 4.69) is 19.9 Å². The van der Waals surface area contributed by atoms with E-state index in [1.807, 2.05) is 76.2 Å². The van der Waals surface area contributed by atoms with Gasteiger partial charge in [0, 0.05) is 49.7 Å². The molecule has 12 nitrogen and oxygen atoms in total. The standard InChI is InChI=1S/C46H55N5O7S/c1-30-12-14-33(45(53)49-39-27-35(46(2,3)4)28-40(44(39)57-6)50-59(7,54)55)26-37(30)32-15-17-38-34(25-32)29-47-43(48-38)24-31-13-16-36(42(23-31)56-5)41(52)11-8-9-18-51-19-10-21-58-22-20-51/h12-17,23,25-29,50H,8-11,18-22,24H2,1-7H3,(H,49,53). The molecule has 1 aliphatic rings. The molecule has 0 radical (unpaired) electrons. The van der Waals surface area contributed by atoms with Gasteiger partial charge in [-0.05, 0) is 114 Å². The smallest absolute Gasteiger partial charge is 0.255 e. The van der Waals surface area contributed by atoms with E-state index in [-0.39, 0.29) is 28.5 Å². The van der Waals surface area contributed by atoms with E-state index in [1.165, 1.54) is 7.11 Å². The largest absolute Gasteiger partial charge is 0.496 e. The number of nitrogens with one attached hydrogen (secondary N) is 2. The SMILES string of the molecule is COc1cc(Cc2ncc3cc(-c4cc(C(=O)Nc5cc(C(C)(C)C)cc(NS(C)(=O)=O)c5OC)ccc4C)ccc3n2)ccc1C(=O)CCCCN1CCCOCC1. The zero-order chi connectivity index (χ0) is 42.3. The Labute approximate surface area is 347 Å². The number of unbranched alkanes of at least 4 members (excludes halogenated alkanes) is 1. The number of methoxy groups -OCH3 is 2. The number of Topliss-reactive ketones (excluding diaryl/α,β-unsaturated/α-hetero) is 1. The first-order chi connectivity index (χ1) is 28.1. The first-order valence-corrected chi connectivity index (χ1v) is 21.9. The van der Waals surface area contributed by atoms with Gasteiger partial charge in [0.05, 0.1) is 49.5 Å². The molecular weight excluding hydrogens is 767 g/mol. The summed E-state index contributed by atoms with van der Waals surface area (Å²) in [5.74, 6) is 1.11. The summed E-state index contributed by atoms with van der Waals surface area (Å²) in [6.07, 6.45) is 6.66. The second-order valence-corrected chi connectivity index (χ2v) is 17.9. The quantitative estimate of drug-likeness (QED) is 0.0782. The molecule has 13 heteroatoms. The summed E-state index contributed by atoms with van der Waals surface area (Å²) < 4.78 is 43.7. The summed E-state index contributed by atoms with van der Waals surface area (Å²) in [7, 11) is -0.606. The highest BCUT2D eigenvalue weighted by Gasteiger charge is 2.23. The molecule has 4 aromatic carbocycles. The van der Waals surface area contributed by atoms with Crippen LogP contribution in [0.2, 0.25) is 0 Å². The van der Waals surface area contributed by atoms with Crippen LogP contribution in [0, 0.1) is 6.92 Å². The predicted octanol–water partition coefficient (Wildman–Crippen LogP) is 8.21. The van der Waals surface area contributed by atoms with Gasteiger partial charge in [0.2, 0.25) is 10.0 Å². The van der Waals surface area contributed by atoms with Gasteiger partial charge in [-0.25, -0.2) is 18.4 Å². The van der Waals surface area contributed by atoms with Crippen LogP contribution in [0.4, 0.5) is 11.4 Å².